The molecule has 92 valence electrons. The second kappa shape index (κ2) is 5.59. The fourth-order valence-corrected chi connectivity index (χ4v) is 2.12. The molecule has 0 spiro atoms. The lowest BCUT2D eigenvalue weighted by molar-refractivity contribution is 0.102. The molecule has 0 saturated heterocycles. The van der Waals surface area contributed by atoms with Gasteiger partial charge in [-0.1, -0.05) is 28.1 Å². The maximum Gasteiger partial charge on any atom is 0.255 e. The monoisotopic (exact) mass is 321 g/mol. The summed E-state index contributed by atoms with van der Waals surface area (Å²) in [4.78, 5) is 12.8. The van der Waals surface area contributed by atoms with E-state index < -0.39 is 0 Å². The lowest BCUT2D eigenvalue weighted by atomic mass is 10.2. The second-order valence-corrected chi connectivity index (χ2v) is 5.34. The van der Waals surface area contributed by atoms with Crippen LogP contribution in [0.15, 0.2) is 51.8 Å². The summed E-state index contributed by atoms with van der Waals surface area (Å²) in [7, 11) is 0. The third-order valence-electron chi connectivity index (χ3n) is 2.54. The number of halogens is 1. The molecule has 0 aromatic heterocycles. The molecule has 2 rings (SSSR count). The Bertz CT molecular complexity index is 598. The van der Waals surface area contributed by atoms with Crippen LogP contribution in [0.2, 0.25) is 0 Å². The van der Waals surface area contributed by atoms with Gasteiger partial charge < -0.3 is 5.32 Å². The molecule has 0 aliphatic carbocycles. The fraction of sp³-hybridized carbons (Fsp3) is 0.0714. The molecule has 0 unspecified atom stereocenters. The highest BCUT2D eigenvalue weighted by atomic mass is 79.9. The van der Waals surface area contributed by atoms with Gasteiger partial charge in [-0.2, -0.15) is 0 Å². The first-order valence-electron chi connectivity index (χ1n) is 5.43. The SMILES string of the molecule is Cc1ccc(NC(=O)c2cccc(S)c2)cc1Br. The minimum absolute atomic E-state index is 0.137. The van der Waals surface area contributed by atoms with Crippen molar-refractivity contribution in [2.75, 3.05) is 5.32 Å². The van der Waals surface area contributed by atoms with Gasteiger partial charge in [0.2, 0.25) is 0 Å². The number of nitrogens with one attached hydrogen (secondary N) is 1. The van der Waals surface area contributed by atoms with Gasteiger partial charge in [-0.05, 0) is 42.8 Å². The topological polar surface area (TPSA) is 29.1 Å². The van der Waals surface area contributed by atoms with Crippen molar-refractivity contribution in [3.63, 3.8) is 0 Å². The van der Waals surface area contributed by atoms with E-state index >= 15 is 0 Å². The average molecular weight is 322 g/mol. The van der Waals surface area contributed by atoms with Crippen molar-refractivity contribution < 1.29 is 4.79 Å². The number of hydrogen-bond donors (Lipinski definition) is 2. The van der Waals surface area contributed by atoms with E-state index in [2.05, 4.69) is 33.9 Å². The van der Waals surface area contributed by atoms with Crippen molar-refractivity contribution in [2.24, 2.45) is 0 Å². The first-order valence-corrected chi connectivity index (χ1v) is 6.67. The molecule has 0 saturated carbocycles. The molecule has 0 bridgehead atoms. The number of carbonyl (C=O) groups excluding carboxylic acids is 1. The summed E-state index contributed by atoms with van der Waals surface area (Å²) in [6.45, 7) is 2.00. The molecule has 0 radical (unpaired) electrons. The van der Waals surface area contributed by atoms with Gasteiger partial charge in [-0.3, -0.25) is 4.79 Å². The Kier molecular flexibility index (Phi) is 4.09. The molecular formula is C14H12BrNOS. The van der Waals surface area contributed by atoms with Crippen LogP contribution in [0, 0.1) is 6.92 Å². The summed E-state index contributed by atoms with van der Waals surface area (Å²) in [6, 6.07) is 12.9. The van der Waals surface area contributed by atoms with Crippen LogP contribution in [0.5, 0.6) is 0 Å². The zero-order chi connectivity index (χ0) is 13.1. The highest BCUT2D eigenvalue weighted by molar-refractivity contribution is 9.10. The fourth-order valence-electron chi connectivity index (χ4n) is 1.52. The molecule has 1 amide bonds. The van der Waals surface area contributed by atoms with Crippen molar-refractivity contribution in [1.82, 2.24) is 0 Å². The quantitative estimate of drug-likeness (QED) is 0.793. The van der Waals surface area contributed by atoms with Crippen LogP contribution in [-0.4, -0.2) is 5.91 Å². The maximum absolute atomic E-state index is 12.0. The third-order valence-corrected chi connectivity index (χ3v) is 3.67. The summed E-state index contributed by atoms with van der Waals surface area (Å²) in [6.07, 6.45) is 0. The highest BCUT2D eigenvalue weighted by Crippen LogP contribution is 2.21. The summed E-state index contributed by atoms with van der Waals surface area (Å²) in [5.74, 6) is -0.137. The van der Waals surface area contributed by atoms with Crippen molar-refractivity contribution in [2.45, 2.75) is 11.8 Å². The summed E-state index contributed by atoms with van der Waals surface area (Å²) in [5, 5.41) is 2.85. The zero-order valence-corrected chi connectivity index (χ0v) is 12.3. The number of anilines is 1. The van der Waals surface area contributed by atoms with Gasteiger partial charge >= 0.3 is 0 Å². The van der Waals surface area contributed by atoms with Crippen LogP contribution >= 0.6 is 28.6 Å². The third kappa shape index (κ3) is 3.15. The van der Waals surface area contributed by atoms with Crippen LogP contribution in [0.1, 0.15) is 15.9 Å². The van der Waals surface area contributed by atoms with E-state index in [1.165, 1.54) is 0 Å². The second-order valence-electron chi connectivity index (χ2n) is 3.97. The van der Waals surface area contributed by atoms with Crippen molar-refractivity contribution in [3.8, 4) is 0 Å². The lowest BCUT2D eigenvalue weighted by Crippen LogP contribution is -2.11. The Hall–Kier alpha value is -1.26. The molecule has 1 N–H and O–H groups in total. The minimum atomic E-state index is -0.137. The predicted molar refractivity (Wildman–Crippen MR) is 80.5 cm³/mol. The van der Waals surface area contributed by atoms with Crippen molar-refractivity contribution >= 4 is 40.2 Å². The smallest absolute Gasteiger partial charge is 0.255 e. The molecule has 4 heteroatoms. The standard InChI is InChI=1S/C14H12BrNOS/c1-9-5-6-11(8-13(9)15)16-14(17)10-3-2-4-12(18)7-10/h2-8,18H,1H3,(H,16,17). The summed E-state index contributed by atoms with van der Waals surface area (Å²) in [5.41, 5.74) is 2.49. The zero-order valence-electron chi connectivity index (χ0n) is 9.77. The predicted octanol–water partition coefficient (Wildman–Crippen LogP) is 4.30. The number of aryl methyl sites for hydroxylation is 1. The lowest BCUT2D eigenvalue weighted by Gasteiger charge is -2.07. The van der Waals surface area contributed by atoms with Crippen LogP contribution in [-0.2, 0) is 0 Å². The van der Waals surface area contributed by atoms with Crippen LogP contribution in [0.4, 0.5) is 5.69 Å². The number of benzene rings is 2. The molecule has 2 aromatic carbocycles. The molecule has 0 aliphatic rings. The molecule has 18 heavy (non-hydrogen) atoms. The molecule has 0 atom stereocenters. The normalized spacial score (nSPS) is 10.2. The van der Waals surface area contributed by atoms with Gasteiger partial charge in [0.25, 0.3) is 5.91 Å². The number of amides is 1. The Morgan fingerprint density at radius 3 is 2.67 bits per heavy atom. The first kappa shape index (κ1) is 13.2. The van der Waals surface area contributed by atoms with Gasteiger partial charge in [-0.25, -0.2) is 0 Å². The summed E-state index contributed by atoms with van der Waals surface area (Å²) >= 11 is 7.66. The Labute approximate surface area is 120 Å². The van der Waals surface area contributed by atoms with Crippen molar-refractivity contribution in [3.05, 3.63) is 58.1 Å². The number of thiol groups is 1. The van der Waals surface area contributed by atoms with E-state index in [1.807, 2.05) is 37.3 Å². The highest BCUT2D eigenvalue weighted by Gasteiger charge is 2.06. The Morgan fingerprint density at radius 1 is 1.22 bits per heavy atom. The molecule has 0 heterocycles. The summed E-state index contributed by atoms with van der Waals surface area (Å²) < 4.78 is 0.975. The van der Waals surface area contributed by atoms with E-state index in [0.717, 1.165) is 20.6 Å². The largest absolute Gasteiger partial charge is 0.322 e. The van der Waals surface area contributed by atoms with E-state index in [0.29, 0.717) is 5.56 Å². The first-order chi connectivity index (χ1) is 8.56. The minimum Gasteiger partial charge on any atom is -0.322 e. The Morgan fingerprint density at radius 2 is 2.00 bits per heavy atom. The van der Waals surface area contributed by atoms with Gasteiger partial charge in [0.05, 0.1) is 0 Å². The van der Waals surface area contributed by atoms with E-state index in [9.17, 15) is 4.79 Å². The van der Waals surface area contributed by atoms with Crippen LogP contribution < -0.4 is 5.32 Å². The van der Waals surface area contributed by atoms with Gasteiger partial charge in [0, 0.05) is 20.6 Å². The Balaban J connectivity index is 2.18. The number of carbonyl (C=O) groups is 1. The van der Waals surface area contributed by atoms with E-state index in [-0.39, 0.29) is 5.91 Å². The van der Waals surface area contributed by atoms with E-state index in [1.54, 1.807) is 12.1 Å². The van der Waals surface area contributed by atoms with Gasteiger partial charge in [0.1, 0.15) is 0 Å². The van der Waals surface area contributed by atoms with Crippen LogP contribution in [0.25, 0.3) is 0 Å². The number of rotatable bonds is 2. The number of hydrogen-bond acceptors (Lipinski definition) is 2. The van der Waals surface area contributed by atoms with E-state index in [4.69, 9.17) is 0 Å². The molecular weight excluding hydrogens is 310 g/mol. The molecule has 0 fully saturated rings. The van der Waals surface area contributed by atoms with Crippen LogP contribution in [0.3, 0.4) is 0 Å². The maximum atomic E-state index is 12.0. The molecule has 2 aromatic rings. The average Bonchev–Trinajstić information content (AvgIpc) is 2.34. The molecule has 2 nitrogen and oxygen atoms in total. The van der Waals surface area contributed by atoms with Crippen molar-refractivity contribution in [1.29, 1.82) is 0 Å². The van der Waals surface area contributed by atoms with Gasteiger partial charge in [0.15, 0.2) is 0 Å². The molecule has 0 aliphatic heterocycles. The van der Waals surface area contributed by atoms with Gasteiger partial charge in [-0.15, -0.1) is 12.6 Å².